The van der Waals surface area contributed by atoms with E-state index in [0.717, 1.165) is 10.9 Å². The van der Waals surface area contributed by atoms with Crippen molar-refractivity contribution in [2.75, 3.05) is 6.54 Å². The van der Waals surface area contributed by atoms with Crippen molar-refractivity contribution in [3.8, 4) is 0 Å². The lowest BCUT2D eigenvalue weighted by molar-refractivity contribution is 0.0952. The van der Waals surface area contributed by atoms with Gasteiger partial charge in [-0.1, -0.05) is 13.8 Å². The molecular weight excluding hydrogens is 304 g/mol. The van der Waals surface area contributed by atoms with Crippen molar-refractivity contribution in [3.63, 3.8) is 0 Å². The quantitative estimate of drug-likeness (QED) is 0.847. The van der Waals surface area contributed by atoms with Gasteiger partial charge in [-0.05, 0) is 34.3 Å². The molecule has 0 bridgehead atoms. The average Bonchev–Trinajstić information content (AvgIpc) is 2.25. The van der Waals surface area contributed by atoms with Crippen LogP contribution in [0.2, 0.25) is 0 Å². The van der Waals surface area contributed by atoms with Crippen LogP contribution in [0.5, 0.6) is 0 Å². The first-order valence-electron chi connectivity index (χ1n) is 5.52. The molecule has 1 heterocycles. The minimum atomic E-state index is -0.145. The number of nitrogens with zero attached hydrogens (tertiary/aromatic N) is 1. The first-order valence-corrected chi connectivity index (χ1v) is 6.74. The van der Waals surface area contributed by atoms with Crippen molar-refractivity contribution in [2.24, 2.45) is 5.92 Å². The number of aromatic nitrogens is 1. The molecule has 94 valence electrons. The zero-order valence-corrected chi connectivity index (χ0v) is 12.3. The first kappa shape index (κ1) is 14.5. The van der Waals surface area contributed by atoms with E-state index in [1.54, 1.807) is 12.3 Å². The summed E-state index contributed by atoms with van der Waals surface area (Å²) in [6.07, 6.45) is 4.06. The third kappa shape index (κ3) is 5.50. The van der Waals surface area contributed by atoms with E-state index in [-0.39, 0.29) is 11.3 Å². The maximum absolute atomic E-state index is 11.8. The highest BCUT2D eigenvalue weighted by Gasteiger charge is 2.11. The van der Waals surface area contributed by atoms with Gasteiger partial charge in [0.1, 0.15) is 0 Å². The van der Waals surface area contributed by atoms with Gasteiger partial charge in [-0.15, -0.1) is 11.6 Å². The molecule has 3 nitrogen and oxygen atoms in total. The molecule has 0 saturated carbocycles. The van der Waals surface area contributed by atoms with Crippen LogP contribution < -0.4 is 5.32 Å². The van der Waals surface area contributed by atoms with Gasteiger partial charge >= 0.3 is 0 Å². The lowest BCUT2D eigenvalue weighted by atomic mass is 10.1. The Morgan fingerprint density at radius 2 is 2.24 bits per heavy atom. The number of amides is 1. The zero-order valence-electron chi connectivity index (χ0n) is 9.91. The minimum Gasteiger partial charge on any atom is -0.351 e. The summed E-state index contributed by atoms with van der Waals surface area (Å²) in [5, 5.41) is 2.77. The van der Waals surface area contributed by atoms with Gasteiger partial charge in [0.15, 0.2) is 0 Å². The van der Waals surface area contributed by atoms with Crippen LogP contribution in [0, 0.1) is 5.92 Å². The van der Waals surface area contributed by atoms with Crippen LogP contribution in [0.4, 0.5) is 0 Å². The predicted octanol–water partition coefficient (Wildman–Crippen LogP) is 3.23. The number of rotatable bonds is 5. The highest BCUT2D eigenvalue weighted by molar-refractivity contribution is 9.10. The molecule has 5 heteroatoms. The standard InChI is InChI=1S/C12H16BrClN2O/c1-8(2)3-11(14)7-16-12(17)9-4-10(13)6-15-5-9/h4-6,8,11H,3,7H2,1-2H3,(H,16,17). The number of alkyl halides is 1. The number of pyridine rings is 1. The normalized spacial score (nSPS) is 12.5. The van der Waals surface area contributed by atoms with E-state index < -0.39 is 0 Å². The van der Waals surface area contributed by atoms with Gasteiger partial charge in [-0.25, -0.2) is 0 Å². The van der Waals surface area contributed by atoms with Gasteiger partial charge in [-0.2, -0.15) is 0 Å². The Labute approximate surface area is 115 Å². The van der Waals surface area contributed by atoms with Gasteiger partial charge in [-0.3, -0.25) is 9.78 Å². The van der Waals surface area contributed by atoms with Crippen molar-refractivity contribution >= 4 is 33.4 Å². The number of carbonyl (C=O) groups is 1. The fraction of sp³-hybridized carbons (Fsp3) is 0.500. The summed E-state index contributed by atoms with van der Waals surface area (Å²) < 4.78 is 0.787. The van der Waals surface area contributed by atoms with Crippen molar-refractivity contribution in [2.45, 2.75) is 25.6 Å². The Morgan fingerprint density at radius 1 is 1.53 bits per heavy atom. The molecule has 1 aromatic rings. The monoisotopic (exact) mass is 318 g/mol. The molecule has 0 radical (unpaired) electrons. The molecule has 1 unspecified atom stereocenters. The molecule has 0 aromatic carbocycles. The van der Waals surface area contributed by atoms with E-state index in [2.05, 4.69) is 40.1 Å². The molecule has 0 aliphatic heterocycles. The Hall–Kier alpha value is -0.610. The molecular formula is C12H16BrClN2O. The number of hydrogen-bond acceptors (Lipinski definition) is 2. The van der Waals surface area contributed by atoms with Crippen LogP contribution in [-0.2, 0) is 0 Å². The summed E-state index contributed by atoms with van der Waals surface area (Å²) in [5.41, 5.74) is 0.535. The molecule has 0 saturated heterocycles. The summed E-state index contributed by atoms with van der Waals surface area (Å²) in [6.45, 7) is 4.69. The fourth-order valence-electron chi connectivity index (χ4n) is 1.44. The Bertz CT molecular complexity index is 385. The molecule has 0 aliphatic rings. The highest BCUT2D eigenvalue weighted by Crippen LogP contribution is 2.11. The topological polar surface area (TPSA) is 42.0 Å². The summed E-state index contributed by atoms with van der Waals surface area (Å²) in [5.74, 6) is 0.384. The van der Waals surface area contributed by atoms with E-state index in [1.807, 2.05) is 0 Å². The molecule has 1 atom stereocenters. The summed E-state index contributed by atoms with van der Waals surface area (Å²) in [6, 6.07) is 1.73. The molecule has 1 N–H and O–H groups in total. The van der Waals surface area contributed by atoms with Gasteiger partial charge in [0.25, 0.3) is 5.91 Å². The van der Waals surface area contributed by atoms with E-state index in [4.69, 9.17) is 11.6 Å². The fourth-order valence-corrected chi connectivity index (χ4v) is 2.23. The predicted molar refractivity (Wildman–Crippen MR) is 73.4 cm³/mol. The molecule has 0 aliphatic carbocycles. The van der Waals surface area contributed by atoms with E-state index in [9.17, 15) is 4.79 Å². The van der Waals surface area contributed by atoms with Crippen molar-refractivity contribution in [1.82, 2.24) is 10.3 Å². The molecule has 0 spiro atoms. The van der Waals surface area contributed by atoms with Crippen LogP contribution >= 0.6 is 27.5 Å². The smallest absolute Gasteiger partial charge is 0.252 e. The Kier molecular flexibility index (Phi) is 5.92. The number of halogens is 2. The van der Waals surface area contributed by atoms with Crippen molar-refractivity contribution < 1.29 is 4.79 Å². The number of carbonyl (C=O) groups excluding carboxylic acids is 1. The van der Waals surface area contributed by atoms with E-state index in [1.165, 1.54) is 6.20 Å². The van der Waals surface area contributed by atoms with Crippen LogP contribution in [0.1, 0.15) is 30.6 Å². The third-order valence-electron chi connectivity index (χ3n) is 2.18. The lowest BCUT2D eigenvalue weighted by Gasteiger charge is -2.12. The first-order chi connectivity index (χ1) is 7.99. The summed E-state index contributed by atoms with van der Waals surface area (Å²) in [7, 11) is 0. The third-order valence-corrected chi connectivity index (χ3v) is 2.94. The van der Waals surface area contributed by atoms with Gasteiger partial charge < -0.3 is 5.32 Å². The van der Waals surface area contributed by atoms with E-state index >= 15 is 0 Å². The second kappa shape index (κ2) is 6.97. The molecule has 1 amide bonds. The second-order valence-electron chi connectivity index (χ2n) is 4.33. The summed E-state index contributed by atoms with van der Waals surface area (Å²) >= 11 is 9.37. The lowest BCUT2D eigenvalue weighted by Crippen LogP contribution is -2.30. The van der Waals surface area contributed by atoms with Gasteiger partial charge in [0.2, 0.25) is 0 Å². The van der Waals surface area contributed by atoms with Crippen LogP contribution in [0.25, 0.3) is 0 Å². The summed E-state index contributed by atoms with van der Waals surface area (Å²) in [4.78, 5) is 15.7. The highest BCUT2D eigenvalue weighted by atomic mass is 79.9. The van der Waals surface area contributed by atoms with E-state index in [0.29, 0.717) is 18.0 Å². The Morgan fingerprint density at radius 3 is 2.82 bits per heavy atom. The Balaban J connectivity index is 2.45. The largest absolute Gasteiger partial charge is 0.351 e. The van der Waals surface area contributed by atoms with Crippen molar-refractivity contribution in [3.05, 3.63) is 28.5 Å². The molecule has 1 aromatic heterocycles. The maximum Gasteiger partial charge on any atom is 0.252 e. The number of nitrogens with one attached hydrogen (secondary N) is 1. The molecule has 0 fully saturated rings. The van der Waals surface area contributed by atoms with Crippen LogP contribution in [-0.4, -0.2) is 22.8 Å². The second-order valence-corrected chi connectivity index (χ2v) is 5.86. The molecule has 1 rings (SSSR count). The molecule has 17 heavy (non-hydrogen) atoms. The van der Waals surface area contributed by atoms with Gasteiger partial charge in [0.05, 0.1) is 10.9 Å². The zero-order chi connectivity index (χ0) is 12.8. The number of hydrogen-bond donors (Lipinski definition) is 1. The minimum absolute atomic E-state index is 0.0286. The van der Waals surface area contributed by atoms with Crippen LogP contribution in [0.15, 0.2) is 22.9 Å². The van der Waals surface area contributed by atoms with Gasteiger partial charge in [0, 0.05) is 23.4 Å². The van der Waals surface area contributed by atoms with Crippen molar-refractivity contribution in [1.29, 1.82) is 0 Å². The average molecular weight is 320 g/mol. The van der Waals surface area contributed by atoms with Crippen LogP contribution in [0.3, 0.4) is 0 Å². The maximum atomic E-state index is 11.8. The SMILES string of the molecule is CC(C)CC(Cl)CNC(=O)c1cncc(Br)c1.